The maximum atomic E-state index is 11.5. The monoisotopic (exact) mass is 226 g/mol. The minimum absolute atomic E-state index is 0.106. The molecule has 1 amide bonds. The Kier molecular flexibility index (Phi) is 5.60. The molecule has 1 aromatic rings. The molecule has 0 saturated carbocycles. The van der Waals surface area contributed by atoms with Gasteiger partial charge in [-0.05, 0) is 13.0 Å². The molecule has 0 aliphatic heterocycles. The molecule has 0 aliphatic rings. The van der Waals surface area contributed by atoms with Gasteiger partial charge in [0.05, 0.1) is 12.2 Å². The van der Waals surface area contributed by atoms with Gasteiger partial charge in [0, 0.05) is 26.7 Å². The lowest BCUT2D eigenvalue weighted by molar-refractivity contribution is 0.0953. The summed E-state index contributed by atoms with van der Waals surface area (Å²) >= 11 is 0. The van der Waals surface area contributed by atoms with Gasteiger partial charge < -0.3 is 19.8 Å². The van der Waals surface area contributed by atoms with Crippen LogP contribution in [0.5, 0.6) is 0 Å². The van der Waals surface area contributed by atoms with E-state index in [1.165, 1.54) is 6.26 Å². The van der Waals surface area contributed by atoms with E-state index in [1.807, 2.05) is 6.92 Å². The first-order valence-electron chi connectivity index (χ1n) is 5.27. The van der Waals surface area contributed by atoms with Crippen LogP contribution in [0.15, 0.2) is 16.7 Å². The van der Waals surface area contributed by atoms with Gasteiger partial charge in [-0.1, -0.05) is 0 Å². The summed E-state index contributed by atoms with van der Waals surface area (Å²) < 4.78 is 9.93. The van der Waals surface area contributed by atoms with Crippen LogP contribution in [-0.4, -0.2) is 39.3 Å². The number of ether oxygens (including phenoxy) is 1. The van der Waals surface area contributed by atoms with Crippen molar-refractivity contribution < 1.29 is 13.9 Å². The first-order chi connectivity index (χ1) is 7.74. The van der Waals surface area contributed by atoms with Crippen molar-refractivity contribution in [1.29, 1.82) is 0 Å². The van der Waals surface area contributed by atoms with Crippen molar-refractivity contribution in [1.82, 2.24) is 10.6 Å². The normalized spacial score (nSPS) is 10.4. The van der Waals surface area contributed by atoms with E-state index in [-0.39, 0.29) is 5.91 Å². The van der Waals surface area contributed by atoms with E-state index in [9.17, 15) is 4.79 Å². The third-order valence-corrected chi connectivity index (χ3v) is 2.06. The van der Waals surface area contributed by atoms with Gasteiger partial charge in [-0.2, -0.15) is 0 Å². The zero-order valence-corrected chi connectivity index (χ0v) is 9.71. The molecule has 0 saturated heterocycles. The summed E-state index contributed by atoms with van der Waals surface area (Å²) in [7, 11) is 1.66. The Balaban J connectivity index is 2.11. The van der Waals surface area contributed by atoms with Crippen LogP contribution in [0.1, 0.15) is 16.1 Å². The Bertz CT molecular complexity index is 323. The largest absolute Gasteiger partial charge is 0.469 e. The van der Waals surface area contributed by atoms with Crippen molar-refractivity contribution in [3.63, 3.8) is 0 Å². The predicted molar refractivity (Wildman–Crippen MR) is 60.5 cm³/mol. The topological polar surface area (TPSA) is 63.5 Å². The molecule has 1 heterocycles. The van der Waals surface area contributed by atoms with Gasteiger partial charge in [-0.3, -0.25) is 4.79 Å². The molecule has 0 aliphatic carbocycles. The van der Waals surface area contributed by atoms with Crippen molar-refractivity contribution in [2.75, 3.05) is 33.4 Å². The zero-order valence-electron chi connectivity index (χ0n) is 9.71. The molecule has 16 heavy (non-hydrogen) atoms. The minimum atomic E-state index is -0.106. The quantitative estimate of drug-likeness (QED) is 0.667. The van der Waals surface area contributed by atoms with E-state index >= 15 is 0 Å². The highest BCUT2D eigenvalue weighted by atomic mass is 16.5. The highest BCUT2D eigenvalue weighted by molar-refractivity contribution is 5.93. The van der Waals surface area contributed by atoms with E-state index in [1.54, 1.807) is 13.2 Å². The number of hydrogen-bond donors (Lipinski definition) is 2. The van der Waals surface area contributed by atoms with E-state index in [0.29, 0.717) is 18.7 Å². The van der Waals surface area contributed by atoms with Crippen LogP contribution in [0.4, 0.5) is 0 Å². The Morgan fingerprint density at radius 2 is 2.25 bits per heavy atom. The lowest BCUT2D eigenvalue weighted by atomic mass is 10.3. The molecule has 5 nitrogen and oxygen atoms in total. The first kappa shape index (κ1) is 12.7. The minimum Gasteiger partial charge on any atom is -0.469 e. The van der Waals surface area contributed by atoms with Crippen molar-refractivity contribution in [3.8, 4) is 0 Å². The average molecular weight is 226 g/mol. The molecular formula is C11H18N2O3. The van der Waals surface area contributed by atoms with Gasteiger partial charge >= 0.3 is 0 Å². The maximum Gasteiger partial charge on any atom is 0.254 e. The lowest BCUT2D eigenvalue weighted by Gasteiger charge is -2.05. The van der Waals surface area contributed by atoms with E-state index in [4.69, 9.17) is 9.15 Å². The molecule has 0 radical (unpaired) electrons. The molecule has 2 N–H and O–H groups in total. The number of amides is 1. The van der Waals surface area contributed by atoms with Crippen molar-refractivity contribution >= 4 is 5.91 Å². The number of hydrogen-bond acceptors (Lipinski definition) is 4. The second-order valence-corrected chi connectivity index (χ2v) is 3.44. The zero-order chi connectivity index (χ0) is 11.8. The highest BCUT2D eigenvalue weighted by Crippen LogP contribution is 2.05. The fourth-order valence-corrected chi connectivity index (χ4v) is 1.23. The number of aryl methyl sites for hydroxylation is 1. The maximum absolute atomic E-state index is 11.5. The number of furan rings is 1. The Labute approximate surface area is 95.2 Å². The molecule has 5 heteroatoms. The predicted octanol–water partition coefficient (Wildman–Crippen LogP) is 0.554. The summed E-state index contributed by atoms with van der Waals surface area (Å²) in [5.41, 5.74) is 0.564. The second-order valence-electron chi connectivity index (χ2n) is 3.44. The molecule has 1 rings (SSSR count). The molecule has 0 unspecified atom stereocenters. The molecule has 0 fully saturated rings. The highest BCUT2D eigenvalue weighted by Gasteiger charge is 2.06. The fourth-order valence-electron chi connectivity index (χ4n) is 1.23. The fraction of sp³-hybridized carbons (Fsp3) is 0.545. The molecule has 0 spiro atoms. The molecule has 0 atom stereocenters. The average Bonchev–Trinajstić information content (AvgIpc) is 2.70. The summed E-state index contributed by atoms with van der Waals surface area (Å²) in [6.45, 7) is 4.59. The molecular weight excluding hydrogens is 208 g/mol. The molecule has 0 aromatic carbocycles. The van der Waals surface area contributed by atoms with E-state index in [2.05, 4.69) is 10.6 Å². The lowest BCUT2D eigenvalue weighted by Crippen LogP contribution is -2.32. The van der Waals surface area contributed by atoms with Gasteiger partial charge in [-0.25, -0.2) is 0 Å². The first-order valence-corrected chi connectivity index (χ1v) is 5.27. The molecule has 90 valence electrons. The summed E-state index contributed by atoms with van der Waals surface area (Å²) in [6.07, 6.45) is 1.46. The third kappa shape index (κ3) is 4.46. The van der Waals surface area contributed by atoms with Gasteiger partial charge in [0.2, 0.25) is 0 Å². The Hall–Kier alpha value is -1.33. The van der Waals surface area contributed by atoms with Crippen LogP contribution in [0.25, 0.3) is 0 Å². The van der Waals surface area contributed by atoms with E-state index in [0.717, 1.165) is 18.8 Å². The molecule has 1 aromatic heterocycles. The van der Waals surface area contributed by atoms with E-state index < -0.39 is 0 Å². The van der Waals surface area contributed by atoms with Gasteiger partial charge in [0.25, 0.3) is 5.91 Å². The number of nitrogens with one attached hydrogen (secondary N) is 2. The summed E-state index contributed by atoms with van der Waals surface area (Å²) in [6, 6.07) is 1.72. The van der Waals surface area contributed by atoms with Crippen LogP contribution < -0.4 is 10.6 Å². The number of methoxy groups -OCH3 is 1. The van der Waals surface area contributed by atoms with Crippen LogP contribution >= 0.6 is 0 Å². The molecule has 0 bridgehead atoms. The van der Waals surface area contributed by atoms with Gasteiger partial charge in [0.15, 0.2) is 0 Å². The van der Waals surface area contributed by atoms with Crippen LogP contribution in [0.3, 0.4) is 0 Å². The second kappa shape index (κ2) is 7.03. The van der Waals surface area contributed by atoms with Crippen molar-refractivity contribution in [2.24, 2.45) is 0 Å². The SMILES string of the molecule is COCCNCCNC(=O)c1coc(C)c1. The summed E-state index contributed by atoms with van der Waals surface area (Å²) in [4.78, 5) is 11.5. The van der Waals surface area contributed by atoms with Gasteiger partial charge in [-0.15, -0.1) is 0 Å². The number of carbonyl (C=O) groups is 1. The van der Waals surface area contributed by atoms with Crippen molar-refractivity contribution in [3.05, 3.63) is 23.7 Å². The Morgan fingerprint density at radius 1 is 1.44 bits per heavy atom. The van der Waals surface area contributed by atoms with Gasteiger partial charge in [0.1, 0.15) is 12.0 Å². The standard InChI is InChI=1S/C11H18N2O3/c1-9-7-10(8-16-9)11(14)13-4-3-12-5-6-15-2/h7-8,12H,3-6H2,1-2H3,(H,13,14). The third-order valence-electron chi connectivity index (χ3n) is 2.06. The number of carbonyl (C=O) groups excluding carboxylic acids is 1. The summed E-state index contributed by atoms with van der Waals surface area (Å²) in [5.74, 6) is 0.633. The van der Waals surface area contributed by atoms with Crippen molar-refractivity contribution in [2.45, 2.75) is 6.92 Å². The van der Waals surface area contributed by atoms with Crippen LogP contribution in [-0.2, 0) is 4.74 Å². The number of rotatable bonds is 7. The van der Waals surface area contributed by atoms with Crippen LogP contribution in [0, 0.1) is 6.92 Å². The van der Waals surface area contributed by atoms with Crippen LogP contribution in [0.2, 0.25) is 0 Å². The smallest absolute Gasteiger partial charge is 0.254 e. The summed E-state index contributed by atoms with van der Waals surface area (Å²) in [5, 5.41) is 5.92. The Morgan fingerprint density at radius 3 is 2.88 bits per heavy atom.